The summed E-state index contributed by atoms with van der Waals surface area (Å²) < 4.78 is 10.7. The lowest BCUT2D eigenvalue weighted by atomic mass is 10.1. The van der Waals surface area contributed by atoms with Crippen LogP contribution in [0.3, 0.4) is 0 Å². The third-order valence-electron chi connectivity index (χ3n) is 4.11. The van der Waals surface area contributed by atoms with E-state index in [9.17, 15) is 19.7 Å². The lowest BCUT2D eigenvalue weighted by Crippen LogP contribution is -2.21. The second-order valence-corrected chi connectivity index (χ2v) is 6.26. The van der Waals surface area contributed by atoms with Crippen molar-refractivity contribution < 1.29 is 24.0 Å². The zero-order valence-electron chi connectivity index (χ0n) is 16.0. The predicted octanol–water partition coefficient (Wildman–Crippen LogP) is 4.49. The zero-order valence-corrected chi connectivity index (χ0v) is 16.0. The van der Waals surface area contributed by atoms with Gasteiger partial charge in [-0.25, -0.2) is 4.79 Å². The number of carbonyl (C=O) groups excluding carboxylic acids is 2. The van der Waals surface area contributed by atoms with Crippen LogP contribution in [0.5, 0.6) is 11.5 Å². The fourth-order valence-electron chi connectivity index (χ4n) is 2.74. The third-order valence-corrected chi connectivity index (χ3v) is 4.11. The van der Waals surface area contributed by atoms with Gasteiger partial charge in [0, 0.05) is 5.56 Å². The van der Waals surface area contributed by atoms with Crippen LogP contribution in [0.25, 0.3) is 0 Å². The highest BCUT2D eigenvalue weighted by atomic mass is 16.6. The Morgan fingerprint density at radius 2 is 1.67 bits per heavy atom. The number of anilines is 1. The molecule has 0 radical (unpaired) electrons. The fourth-order valence-corrected chi connectivity index (χ4v) is 2.74. The molecule has 0 saturated heterocycles. The molecule has 1 amide bonds. The first-order valence-corrected chi connectivity index (χ1v) is 8.98. The number of esters is 1. The quantitative estimate of drug-likeness (QED) is 0.352. The highest BCUT2D eigenvalue weighted by Gasteiger charge is 2.24. The van der Waals surface area contributed by atoms with Gasteiger partial charge in [0.05, 0.1) is 10.6 Å². The van der Waals surface area contributed by atoms with Crippen molar-refractivity contribution in [1.29, 1.82) is 0 Å². The van der Waals surface area contributed by atoms with Gasteiger partial charge in [0.2, 0.25) is 0 Å². The van der Waals surface area contributed by atoms with Crippen LogP contribution >= 0.6 is 0 Å². The first-order chi connectivity index (χ1) is 14.5. The van der Waals surface area contributed by atoms with E-state index in [0.29, 0.717) is 22.7 Å². The molecule has 0 aromatic heterocycles. The molecule has 0 aliphatic carbocycles. The van der Waals surface area contributed by atoms with Gasteiger partial charge >= 0.3 is 5.97 Å². The Kier molecular flexibility index (Phi) is 6.39. The average molecular weight is 406 g/mol. The summed E-state index contributed by atoms with van der Waals surface area (Å²) in [5.74, 6) is -0.549. The fraction of sp³-hybridized carbons (Fsp3) is 0.0909. The van der Waals surface area contributed by atoms with Gasteiger partial charge in [-0.05, 0) is 37.3 Å². The van der Waals surface area contributed by atoms with Gasteiger partial charge in [-0.3, -0.25) is 14.9 Å². The van der Waals surface area contributed by atoms with Gasteiger partial charge in [-0.2, -0.15) is 0 Å². The number of hydrogen-bond donors (Lipinski definition) is 1. The Hall–Kier alpha value is -4.20. The number of nitro groups is 1. The summed E-state index contributed by atoms with van der Waals surface area (Å²) in [7, 11) is 0. The SMILES string of the molecule is Cc1cccc(C(=O)OCC(=O)Nc2ccccc2Oc2ccccc2)c1[N+](=O)[O-]. The van der Waals surface area contributed by atoms with E-state index < -0.39 is 23.4 Å². The molecule has 152 valence electrons. The number of rotatable bonds is 7. The van der Waals surface area contributed by atoms with Crippen LogP contribution in [-0.2, 0) is 9.53 Å². The molecule has 8 heteroatoms. The Labute approximate surface area is 172 Å². The molecule has 0 heterocycles. The lowest BCUT2D eigenvalue weighted by molar-refractivity contribution is -0.385. The molecule has 0 bridgehead atoms. The van der Waals surface area contributed by atoms with Crippen LogP contribution in [0.15, 0.2) is 72.8 Å². The lowest BCUT2D eigenvalue weighted by Gasteiger charge is -2.12. The topological polar surface area (TPSA) is 108 Å². The largest absolute Gasteiger partial charge is 0.455 e. The summed E-state index contributed by atoms with van der Waals surface area (Å²) in [6, 6.07) is 20.2. The number of nitro benzene ring substituents is 1. The molecular formula is C22H18N2O6. The summed E-state index contributed by atoms with van der Waals surface area (Å²) in [5.41, 5.74) is 0.167. The van der Waals surface area contributed by atoms with E-state index in [1.807, 2.05) is 18.2 Å². The first-order valence-electron chi connectivity index (χ1n) is 8.98. The van der Waals surface area contributed by atoms with Crippen molar-refractivity contribution in [2.24, 2.45) is 0 Å². The van der Waals surface area contributed by atoms with Gasteiger partial charge in [0.1, 0.15) is 11.3 Å². The number of nitrogens with zero attached hydrogens (tertiary/aromatic N) is 1. The van der Waals surface area contributed by atoms with E-state index in [2.05, 4.69) is 5.32 Å². The number of hydrogen-bond acceptors (Lipinski definition) is 6. The van der Waals surface area contributed by atoms with Crippen molar-refractivity contribution >= 4 is 23.3 Å². The average Bonchev–Trinajstić information content (AvgIpc) is 2.73. The highest BCUT2D eigenvalue weighted by Crippen LogP contribution is 2.29. The number of ether oxygens (including phenoxy) is 2. The number of benzene rings is 3. The molecule has 0 aliphatic heterocycles. The minimum absolute atomic E-state index is 0.208. The molecule has 3 aromatic carbocycles. The van der Waals surface area contributed by atoms with Crippen molar-refractivity contribution in [1.82, 2.24) is 0 Å². The van der Waals surface area contributed by atoms with E-state index in [1.54, 1.807) is 36.4 Å². The predicted molar refractivity (Wildman–Crippen MR) is 110 cm³/mol. The van der Waals surface area contributed by atoms with Crippen molar-refractivity contribution in [3.05, 3.63) is 94.0 Å². The monoisotopic (exact) mass is 406 g/mol. The van der Waals surface area contributed by atoms with Crippen LogP contribution in [0.4, 0.5) is 11.4 Å². The van der Waals surface area contributed by atoms with Crippen molar-refractivity contribution in [2.75, 3.05) is 11.9 Å². The third kappa shape index (κ3) is 4.99. The van der Waals surface area contributed by atoms with Gasteiger partial charge < -0.3 is 14.8 Å². The summed E-state index contributed by atoms with van der Waals surface area (Å²) in [6.07, 6.45) is 0. The Morgan fingerprint density at radius 3 is 2.40 bits per heavy atom. The van der Waals surface area contributed by atoms with E-state index >= 15 is 0 Å². The summed E-state index contributed by atoms with van der Waals surface area (Å²) in [6.45, 7) is 0.912. The van der Waals surface area contributed by atoms with Gasteiger partial charge in [0.25, 0.3) is 11.6 Å². The first kappa shape index (κ1) is 20.5. The highest BCUT2D eigenvalue weighted by molar-refractivity contribution is 5.98. The number of para-hydroxylation sites is 4. The van der Waals surface area contributed by atoms with Crippen LogP contribution in [0.2, 0.25) is 0 Å². The molecule has 8 nitrogen and oxygen atoms in total. The maximum atomic E-state index is 12.3. The standard InChI is InChI=1S/C22H18N2O6/c1-15-8-7-11-17(21(15)24(27)28)22(26)29-14-20(25)23-18-12-5-6-13-19(18)30-16-9-3-2-4-10-16/h2-13H,14H2,1H3,(H,23,25). The number of aryl methyl sites for hydroxylation is 1. The van der Waals surface area contributed by atoms with Crippen molar-refractivity contribution in [3.63, 3.8) is 0 Å². The van der Waals surface area contributed by atoms with Crippen LogP contribution in [-0.4, -0.2) is 23.4 Å². The molecule has 3 rings (SSSR count). The van der Waals surface area contributed by atoms with Crippen LogP contribution in [0, 0.1) is 17.0 Å². The van der Waals surface area contributed by atoms with Crippen LogP contribution in [0.1, 0.15) is 15.9 Å². The van der Waals surface area contributed by atoms with E-state index in [1.165, 1.54) is 25.1 Å². The molecule has 0 atom stereocenters. The smallest absolute Gasteiger partial charge is 0.345 e. The molecule has 1 N–H and O–H groups in total. The second-order valence-electron chi connectivity index (χ2n) is 6.26. The number of amides is 1. The zero-order chi connectivity index (χ0) is 21.5. The number of nitrogens with one attached hydrogen (secondary N) is 1. The molecule has 0 aliphatic rings. The summed E-state index contributed by atoms with van der Waals surface area (Å²) in [5, 5.41) is 13.8. The van der Waals surface area contributed by atoms with Gasteiger partial charge in [-0.1, -0.05) is 42.5 Å². The molecule has 0 spiro atoms. The van der Waals surface area contributed by atoms with E-state index in [0.717, 1.165) is 0 Å². The number of carbonyl (C=O) groups is 2. The second kappa shape index (κ2) is 9.33. The summed E-state index contributed by atoms with van der Waals surface area (Å²) in [4.78, 5) is 35.1. The van der Waals surface area contributed by atoms with Crippen molar-refractivity contribution in [3.8, 4) is 11.5 Å². The van der Waals surface area contributed by atoms with Crippen molar-refractivity contribution in [2.45, 2.75) is 6.92 Å². The Bertz CT molecular complexity index is 1080. The molecule has 3 aromatic rings. The van der Waals surface area contributed by atoms with E-state index in [4.69, 9.17) is 9.47 Å². The molecule has 30 heavy (non-hydrogen) atoms. The molecule has 0 fully saturated rings. The normalized spacial score (nSPS) is 10.2. The molecule has 0 saturated carbocycles. The molecule has 0 unspecified atom stereocenters. The van der Waals surface area contributed by atoms with E-state index in [-0.39, 0.29) is 11.3 Å². The van der Waals surface area contributed by atoms with Gasteiger partial charge in [-0.15, -0.1) is 0 Å². The minimum atomic E-state index is -0.950. The Morgan fingerprint density at radius 1 is 0.967 bits per heavy atom. The maximum absolute atomic E-state index is 12.3. The Balaban J connectivity index is 1.66. The minimum Gasteiger partial charge on any atom is -0.455 e. The van der Waals surface area contributed by atoms with Crippen LogP contribution < -0.4 is 10.1 Å². The molecular weight excluding hydrogens is 388 g/mol. The van der Waals surface area contributed by atoms with Gasteiger partial charge in [0.15, 0.2) is 12.4 Å². The summed E-state index contributed by atoms with van der Waals surface area (Å²) >= 11 is 0. The maximum Gasteiger partial charge on any atom is 0.345 e.